The molecule has 1 unspecified atom stereocenters. The highest BCUT2D eigenvalue weighted by Crippen LogP contribution is 2.44. The zero-order valence-corrected chi connectivity index (χ0v) is 30.2. The van der Waals surface area contributed by atoms with E-state index in [1.54, 1.807) is 6.92 Å². The Morgan fingerprint density at radius 2 is 1.76 bits per heavy atom. The first-order valence-corrected chi connectivity index (χ1v) is 17.9. The van der Waals surface area contributed by atoms with Crippen molar-refractivity contribution in [3.63, 3.8) is 0 Å². The fraction of sp³-hybridized carbons (Fsp3) is 0.432. The number of hydrogen-bond donors (Lipinski definition) is 1. The van der Waals surface area contributed by atoms with Crippen LogP contribution in [-0.2, 0) is 21.4 Å². The van der Waals surface area contributed by atoms with Gasteiger partial charge in [-0.25, -0.2) is 14.8 Å². The van der Waals surface area contributed by atoms with E-state index in [0.29, 0.717) is 22.5 Å². The first-order valence-electron chi connectivity index (χ1n) is 16.7. The molecular weight excluding hydrogens is 660 g/mol. The summed E-state index contributed by atoms with van der Waals surface area (Å²) in [6, 6.07) is 13.9. The monoisotopic (exact) mass is 700 g/mol. The number of piperidine rings is 1. The standard InChI is InChI=1S/C37H41ClN6O4S/c1-20-17-27-34(30(22-7-9-24(38)10-8-22)29(20)33(36(46)47)48-37(3,4)5)49-35(40-27)26-11-12-28-32(39-26)31(41-42(28)6)23-13-15-43(16-14-23)25-18-44(19-25)21(2)45/h7-12,17,23,25,33H,13-16,18-19H2,1-6H3,(H,46,47). The molecule has 1 atom stereocenters. The predicted molar refractivity (Wildman–Crippen MR) is 193 cm³/mol. The third-order valence-corrected chi connectivity index (χ3v) is 11.1. The van der Waals surface area contributed by atoms with Crippen molar-refractivity contribution in [3.05, 3.63) is 64.3 Å². The van der Waals surface area contributed by atoms with Crippen molar-refractivity contribution in [1.29, 1.82) is 0 Å². The number of aryl methyl sites for hydroxylation is 2. The molecule has 1 N–H and O–H groups in total. The number of fused-ring (bicyclic) bond motifs is 2. The molecule has 0 aliphatic carbocycles. The van der Waals surface area contributed by atoms with E-state index in [2.05, 4.69) is 11.0 Å². The third kappa shape index (κ3) is 6.45. The Bertz CT molecular complexity index is 2070. The number of ether oxygens (including phenoxy) is 1. The number of amides is 1. The van der Waals surface area contributed by atoms with Crippen LogP contribution in [0.2, 0.25) is 5.02 Å². The summed E-state index contributed by atoms with van der Waals surface area (Å²) >= 11 is 7.78. The van der Waals surface area contributed by atoms with Gasteiger partial charge in [-0.3, -0.25) is 14.4 Å². The van der Waals surface area contributed by atoms with E-state index in [9.17, 15) is 14.7 Å². The number of halogens is 1. The Labute approximate surface area is 294 Å². The second kappa shape index (κ2) is 12.8. The molecular formula is C37H41ClN6O4S. The molecule has 3 aromatic heterocycles. The molecule has 7 rings (SSSR count). The number of carbonyl (C=O) groups excluding carboxylic acids is 1. The van der Waals surface area contributed by atoms with Gasteiger partial charge in [-0.15, -0.1) is 11.3 Å². The topological polar surface area (TPSA) is 114 Å². The number of carboxylic acid groups (broad SMARTS) is 1. The number of aromatic nitrogens is 4. The van der Waals surface area contributed by atoms with Gasteiger partial charge in [0.15, 0.2) is 6.10 Å². The van der Waals surface area contributed by atoms with Crippen molar-refractivity contribution in [2.24, 2.45) is 7.05 Å². The Morgan fingerprint density at radius 1 is 1.06 bits per heavy atom. The van der Waals surface area contributed by atoms with E-state index in [-0.39, 0.29) is 5.91 Å². The molecule has 0 radical (unpaired) electrons. The summed E-state index contributed by atoms with van der Waals surface area (Å²) in [5.41, 5.74) is 6.72. The molecule has 0 saturated carbocycles. The Kier molecular flexibility index (Phi) is 8.75. The first kappa shape index (κ1) is 33.6. The maximum absolute atomic E-state index is 12.7. The fourth-order valence-corrected chi connectivity index (χ4v) is 8.41. The van der Waals surface area contributed by atoms with Gasteiger partial charge in [0.1, 0.15) is 10.5 Å². The van der Waals surface area contributed by atoms with Crippen LogP contribution in [-0.4, -0.2) is 84.4 Å². The van der Waals surface area contributed by atoms with E-state index in [1.165, 1.54) is 11.3 Å². The van der Waals surface area contributed by atoms with E-state index in [1.807, 2.05) is 80.7 Å². The van der Waals surface area contributed by atoms with Crippen molar-refractivity contribution in [2.75, 3.05) is 26.2 Å². The third-order valence-electron chi connectivity index (χ3n) is 9.70. The number of nitrogens with zero attached hydrogens (tertiary/aromatic N) is 6. The minimum absolute atomic E-state index is 0.150. The normalized spacial score (nSPS) is 17.2. The van der Waals surface area contributed by atoms with E-state index in [4.69, 9.17) is 31.4 Å². The zero-order valence-electron chi connectivity index (χ0n) is 28.7. The summed E-state index contributed by atoms with van der Waals surface area (Å²) in [5.74, 6) is -0.610. The average molecular weight is 701 g/mol. The summed E-state index contributed by atoms with van der Waals surface area (Å²) in [4.78, 5) is 39.1. The summed E-state index contributed by atoms with van der Waals surface area (Å²) in [5, 5.41) is 16.7. The van der Waals surface area contributed by atoms with Gasteiger partial charge in [-0.05, 0) is 95.1 Å². The van der Waals surface area contributed by atoms with Crippen LogP contribution >= 0.6 is 22.9 Å². The molecule has 2 aromatic carbocycles. The van der Waals surface area contributed by atoms with Crippen LogP contribution in [0.25, 0.3) is 43.1 Å². The molecule has 2 aliphatic heterocycles. The number of rotatable bonds is 7. The van der Waals surface area contributed by atoms with Gasteiger partial charge in [0.05, 0.1) is 32.7 Å². The molecule has 2 fully saturated rings. The molecule has 2 aliphatic rings. The van der Waals surface area contributed by atoms with Crippen LogP contribution in [0, 0.1) is 6.92 Å². The van der Waals surface area contributed by atoms with Gasteiger partial charge >= 0.3 is 5.97 Å². The van der Waals surface area contributed by atoms with Crippen LogP contribution in [0.4, 0.5) is 0 Å². The molecule has 0 bridgehead atoms. The summed E-state index contributed by atoms with van der Waals surface area (Å²) in [6.07, 6.45) is 0.796. The van der Waals surface area contributed by atoms with Crippen molar-refractivity contribution in [3.8, 4) is 21.8 Å². The van der Waals surface area contributed by atoms with Crippen molar-refractivity contribution < 1.29 is 19.4 Å². The van der Waals surface area contributed by atoms with Crippen molar-refractivity contribution in [1.82, 2.24) is 29.5 Å². The molecule has 49 heavy (non-hydrogen) atoms. The van der Waals surface area contributed by atoms with Gasteiger partial charge in [-0.1, -0.05) is 23.7 Å². The number of pyridine rings is 1. The number of hydrogen-bond acceptors (Lipinski definition) is 8. The lowest BCUT2D eigenvalue weighted by Crippen LogP contribution is -2.61. The molecule has 256 valence electrons. The number of aliphatic carboxylic acids is 1. The molecule has 10 nitrogen and oxygen atoms in total. The quantitative estimate of drug-likeness (QED) is 0.189. The summed E-state index contributed by atoms with van der Waals surface area (Å²) in [6.45, 7) is 12.7. The zero-order chi connectivity index (χ0) is 34.8. The maximum atomic E-state index is 12.7. The van der Waals surface area contributed by atoms with Crippen molar-refractivity contribution in [2.45, 2.75) is 71.1 Å². The predicted octanol–water partition coefficient (Wildman–Crippen LogP) is 7.22. The van der Waals surface area contributed by atoms with Gasteiger partial charge in [-0.2, -0.15) is 5.10 Å². The van der Waals surface area contributed by atoms with E-state index in [0.717, 1.165) is 93.4 Å². The number of carboxylic acids is 1. The van der Waals surface area contributed by atoms with Crippen LogP contribution in [0.1, 0.15) is 69.4 Å². The van der Waals surface area contributed by atoms with Gasteiger partial charge in [0, 0.05) is 55.2 Å². The van der Waals surface area contributed by atoms with Gasteiger partial charge in [0.25, 0.3) is 0 Å². The Balaban J connectivity index is 1.27. The van der Waals surface area contributed by atoms with Crippen LogP contribution in [0.5, 0.6) is 0 Å². The molecule has 1 amide bonds. The average Bonchev–Trinajstić information content (AvgIpc) is 3.59. The number of thiazole rings is 1. The smallest absolute Gasteiger partial charge is 0.337 e. The number of carbonyl (C=O) groups is 2. The highest BCUT2D eigenvalue weighted by Gasteiger charge is 2.36. The van der Waals surface area contributed by atoms with E-state index < -0.39 is 17.7 Å². The molecule has 12 heteroatoms. The van der Waals surface area contributed by atoms with Gasteiger partial charge in [0.2, 0.25) is 5.91 Å². The SMILES string of the molecule is CC(=O)N1CC(N2CCC(c3nn(C)c4ccc(-c5nc6cc(C)c(C(OC(C)(C)C)C(=O)O)c(-c7ccc(Cl)cc7)c6s5)nc34)CC2)C1. The lowest BCUT2D eigenvalue weighted by molar-refractivity contribution is -0.160. The minimum atomic E-state index is -1.18. The molecule has 5 aromatic rings. The minimum Gasteiger partial charge on any atom is -0.479 e. The fourth-order valence-electron chi connectivity index (χ4n) is 7.19. The van der Waals surface area contributed by atoms with Crippen LogP contribution < -0.4 is 0 Å². The first-order chi connectivity index (χ1) is 23.3. The highest BCUT2D eigenvalue weighted by atomic mass is 35.5. The lowest BCUT2D eigenvalue weighted by atomic mass is 9.91. The molecule has 5 heterocycles. The highest BCUT2D eigenvalue weighted by molar-refractivity contribution is 7.22. The summed E-state index contributed by atoms with van der Waals surface area (Å²) in [7, 11) is 1.96. The molecule has 0 spiro atoms. The van der Waals surface area contributed by atoms with Crippen LogP contribution in [0.15, 0.2) is 42.5 Å². The number of likely N-dealkylation sites (tertiary alicyclic amines) is 2. The van der Waals surface area contributed by atoms with E-state index >= 15 is 0 Å². The lowest BCUT2D eigenvalue weighted by Gasteiger charge is -2.47. The second-order valence-corrected chi connectivity index (χ2v) is 15.7. The second-order valence-electron chi connectivity index (χ2n) is 14.3. The molecule has 2 saturated heterocycles. The maximum Gasteiger partial charge on any atom is 0.337 e. The van der Waals surface area contributed by atoms with Crippen LogP contribution in [0.3, 0.4) is 0 Å². The summed E-state index contributed by atoms with van der Waals surface area (Å²) < 4.78 is 8.95. The van der Waals surface area contributed by atoms with Crippen molar-refractivity contribution >= 4 is 56.1 Å². The Morgan fingerprint density at radius 3 is 2.39 bits per heavy atom. The Hall–Kier alpha value is -3.90. The largest absolute Gasteiger partial charge is 0.479 e. The number of benzene rings is 2. The van der Waals surface area contributed by atoms with Gasteiger partial charge < -0.3 is 14.7 Å².